The van der Waals surface area contributed by atoms with Crippen molar-refractivity contribution in [2.24, 2.45) is 0 Å². The number of carbonyl (C=O) groups excluding carboxylic acids is 3. The van der Waals surface area contributed by atoms with Crippen molar-refractivity contribution in [1.29, 1.82) is 0 Å². The van der Waals surface area contributed by atoms with E-state index in [1.807, 2.05) is 6.07 Å². The fourth-order valence-electron chi connectivity index (χ4n) is 4.70. The summed E-state index contributed by atoms with van der Waals surface area (Å²) in [5.41, 5.74) is -1.13. The van der Waals surface area contributed by atoms with E-state index < -0.39 is 35.2 Å². The van der Waals surface area contributed by atoms with Gasteiger partial charge in [0.05, 0.1) is 12.7 Å². The van der Waals surface area contributed by atoms with Gasteiger partial charge in [-0.05, 0) is 51.5 Å². The summed E-state index contributed by atoms with van der Waals surface area (Å²) in [6.45, 7) is 5.51. The van der Waals surface area contributed by atoms with E-state index in [4.69, 9.17) is 4.74 Å². The molecule has 236 valence electrons. The number of nitrogens with one attached hydrogen (secondary N) is 3. The molecule has 1 atom stereocenters. The summed E-state index contributed by atoms with van der Waals surface area (Å²) in [7, 11) is 0. The van der Waals surface area contributed by atoms with Crippen molar-refractivity contribution in [3.05, 3.63) is 74.7 Å². The first kappa shape index (κ1) is 30.8. The first-order chi connectivity index (χ1) is 21.9. The second-order valence-electron chi connectivity index (χ2n) is 11.2. The Morgan fingerprint density at radius 2 is 1.91 bits per heavy atom. The van der Waals surface area contributed by atoms with Crippen LogP contribution in [0.1, 0.15) is 53.7 Å². The van der Waals surface area contributed by atoms with E-state index in [0.717, 1.165) is 26.3 Å². The Balaban J connectivity index is 1.11. The summed E-state index contributed by atoms with van der Waals surface area (Å²) in [6, 6.07) is 6.98. The van der Waals surface area contributed by atoms with Crippen LogP contribution >= 0.6 is 22.7 Å². The smallest absolute Gasteiger partial charge is 0.413 e. The monoisotopic (exact) mass is 663 g/mol. The number of hydrogen-bond acceptors (Lipinski definition) is 12. The number of hydrogen-bond donors (Lipinski definition) is 3. The van der Waals surface area contributed by atoms with Gasteiger partial charge in [-0.3, -0.25) is 24.3 Å². The minimum atomic E-state index is -0.820. The number of nitrogens with zero attached hydrogens (tertiary/aromatic N) is 6. The highest BCUT2D eigenvalue weighted by Crippen LogP contribution is 2.28. The summed E-state index contributed by atoms with van der Waals surface area (Å²) >= 11 is 2.31. The quantitative estimate of drug-likeness (QED) is 0.212. The predicted octanol–water partition coefficient (Wildman–Crippen LogP) is 4.31. The molecule has 0 fully saturated rings. The SMILES string of the molecule is CC(C)(C)OC(=O)Nc1cc2sc(CNC(=O)[C@@H]3CCc4ncc(NC(=O)c5nnc(-c6cccc(F)n6)s5)c(=O)n43)cc2cn1. The van der Waals surface area contributed by atoms with Crippen LogP contribution < -0.4 is 21.5 Å². The second kappa shape index (κ2) is 12.3. The van der Waals surface area contributed by atoms with Crippen LogP contribution in [0.5, 0.6) is 0 Å². The number of pyridine rings is 2. The number of ether oxygens (including phenoxy) is 1. The molecule has 6 rings (SSSR count). The van der Waals surface area contributed by atoms with Gasteiger partial charge in [-0.2, -0.15) is 4.39 Å². The van der Waals surface area contributed by atoms with Crippen molar-refractivity contribution in [2.45, 2.75) is 51.8 Å². The normalized spacial score (nSPS) is 14.1. The van der Waals surface area contributed by atoms with E-state index in [1.165, 1.54) is 40.3 Å². The molecule has 0 aromatic carbocycles. The molecule has 1 aliphatic rings. The summed E-state index contributed by atoms with van der Waals surface area (Å²) in [5, 5.41) is 16.7. The summed E-state index contributed by atoms with van der Waals surface area (Å²) in [6.07, 6.45) is 3.03. The maximum Gasteiger partial charge on any atom is 0.413 e. The molecule has 1 aliphatic heterocycles. The topological polar surface area (TPSA) is 183 Å². The Morgan fingerprint density at radius 3 is 2.70 bits per heavy atom. The van der Waals surface area contributed by atoms with Crippen LogP contribution in [0.15, 0.2) is 47.5 Å². The lowest BCUT2D eigenvalue weighted by Crippen LogP contribution is -2.36. The third-order valence-electron chi connectivity index (χ3n) is 6.65. The minimum absolute atomic E-state index is 0.0634. The van der Waals surface area contributed by atoms with Gasteiger partial charge in [0.1, 0.15) is 34.7 Å². The van der Waals surface area contributed by atoms with Crippen LogP contribution in [-0.4, -0.2) is 53.2 Å². The van der Waals surface area contributed by atoms with Crippen molar-refractivity contribution >= 4 is 62.2 Å². The molecule has 5 aromatic rings. The Bertz CT molecular complexity index is 2050. The van der Waals surface area contributed by atoms with E-state index in [9.17, 15) is 23.6 Å². The molecule has 6 heterocycles. The van der Waals surface area contributed by atoms with E-state index in [2.05, 4.69) is 41.1 Å². The Kier molecular flexibility index (Phi) is 8.26. The minimum Gasteiger partial charge on any atom is -0.444 e. The summed E-state index contributed by atoms with van der Waals surface area (Å²) in [4.78, 5) is 64.7. The van der Waals surface area contributed by atoms with Gasteiger partial charge in [0.25, 0.3) is 11.5 Å². The van der Waals surface area contributed by atoms with Crippen molar-refractivity contribution in [2.75, 3.05) is 10.6 Å². The van der Waals surface area contributed by atoms with Crippen LogP contribution in [0.2, 0.25) is 0 Å². The number of aromatic nitrogens is 6. The highest BCUT2D eigenvalue weighted by Gasteiger charge is 2.31. The molecule has 46 heavy (non-hydrogen) atoms. The zero-order chi connectivity index (χ0) is 32.6. The van der Waals surface area contributed by atoms with Gasteiger partial charge in [-0.1, -0.05) is 17.4 Å². The lowest BCUT2D eigenvalue weighted by molar-refractivity contribution is -0.124. The van der Waals surface area contributed by atoms with Gasteiger partial charge in [-0.25, -0.2) is 19.7 Å². The van der Waals surface area contributed by atoms with Crippen LogP contribution in [-0.2, 0) is 22.5 Å². The van der Waals surface area contributed by atoms with Crippen molar-refractivity contribution in [3.8, 4) is 10.7 Å². The maximum atomic E-state index is 13.5. The average molecular weight is 664 g/mol. The van der Waals surface area contributed by atoms with Gasteiger partial charge < -0.3 is 15.4 Å². The van der Waals surface area contributed by atoms with Crippen LogP contribution in [0, 0.1) is 5.95 Å². The van der Waals surface area contributed by atoms with Gasteiger partial charge in [0, 0.05) is 27.6 Å². The maximum absolute atomic E-state index is 13.5. The van der Waals surface area contributed by atoms with Crippen molar-refractivity contribution in [1.82, 2.24) is 35.0 Å². The largest absolute Gasteiger partial charge is 0.444 e. The molecule has 0 aliphatic carbocycles. The number of aryl methyl sites for hydroxylation is 1. The number of amides is 3. The molecule has 0 unspecified atom stereocenters. The fraction of sp³-hybridized carbons (Fsp3) is 0.276. The second-order valence-corrected chi connectivity index (χ2v) is 13.3. The molecule has 17 heteroatoms. The zero-order valence-corrected chi connectivity index (χ0v) is 26.3. The number of anilines is 2. The molecular weight excluding hydrogens is 638 g/mol. The third kappa shape index (κ3) is 6.74. The van der Waals surface area contributed by atoms with E-state index >= 15 is 0 Å². The third-order valence-corrected chi connectivity index (χ3v) is 8.69. The van der Waals surface area contributed by atoms with Crippen LogP contribution in [0.4, 0.5) is 20.7 Å². The highest BCUT2D eigenvalue weighted by atomic mass is 32.1. The Morgan fingerprint density at radius 1 is 1.09 bits per heavy atom. The number of halogens is 1. The molecule has 5 aromatic heterocycles. The summed E-state index contributed by atoms with van der Waals surface area (Å²) in [5.74, 6) is -1.00. The van der Waals surface area contributed by atoms with Crippen LogP contribution in [0.25, 0.3) is 20.8 Å². The lowest BCUT2D eigenvalue weighted by Gasteiger charge is -2.19. The predicted molar refractivity (Wildman–Crippen MR) is 168 cm³/mol. The average Bonchev–Trinajstić information content (AvgIpc) is 3.75. The van der Waals surface area contributed by atoms with Crippen molar-refractivity contribution in [3.63, 3.8) is 0 Å². The first-order valence-electron chi connectivity index (χ1n) is 14.0. The molecule has 14 nitrogen and oxygen atoms in total. The van der Waals surface area contributed by atoms with Crippen LogP contribution in [0.3, 0.4) is 0 Å². The molecule has 0 spiro atoms. The van der Waals surface area contributed by atoms with E-state index in [0.29, 0.717) is 24.5 Å². The molecule has 0 saturated heterocycles. The fourth-order valence-corrected chi connectivity index (χ4v) is 6.43. The number of rotatable bonds is 7. The standard InChI is InChI=1S/C29H26FN9O5S2/c1-29(2,3)44-28(43)36-21-10-19-14(11-31-21)9-15(45-19)12-33-23(40)18-7-8-22-32-13-17(27(42)39(18)22)35-24(41)26-38-37-25(46-26)16-5-4-6-20(30)34-16/h4-6,9-11,13,18H,7-8,12H2,1-3H3,(H,33,40)(H,35,41)(H,31,36,43)/t18-/m0/s1. The molecule has 3 amide bonds. The molecule has 0 bridgehead atoms. The number of thiophene rings is 1. The van der Waals surface area contributed by atoms with Gasteiger partial charge in [0.2, 0.25) is 16.9 Å². The number of fused-ring (bicyclic) bond motifs is 2. The molecule has 0 saturated carbocycles. The number of carbonyl (C=O) groups is 3. The van der Waals surface area contributed by atoms with Crippen molar-refractivity contribution < 1.29 is 23.5 Å². The zero-order valence-electron chi connectivity index (χ0n) is 24.7. The van der Waals surface area contributed by atoms with E-state index in [1.54, 1.807) is 33.0 Å². The first-order valence-corrected chi connectivity index (χ1v) is 15.6. The lowest BCUT2D eigenvalue weighted by atomic mass is 10.2. The Labute approximate surface area is 268 Å². The Hall–Kier alpha value is -5.16. The highest BCUT2D eigenvalue weighted by molar-refractivity contribution is 7.19. The summed E-state index contributed by atoms with van der Waals surface area (Å²) < 4.78 is 20.9. The van der Waals surface area contributed by atoms with Gasteiger partial charge >= 0.3 is 6.09 Å². The molecule has 3 N–H and O–H groups in total. The van der Waals surface area contributed by atoms with Gasteiger partial charge in [0.15, 0.2) is 5.01 Å². The molecule has 0 radical (unpaired) electrons. The molecular formula is C29H26FN9O5S2. The van der Waals surface area contributed by atoms with E-state index in [-0.39, 0.29) is 33.8 Å². The van der Waals surface area contributed by atoms with Gasteiger partial charge in [-0.15, -0.1) is 21.5 Å².